The van der Waals surface area contributed by atoms with E-state index >= 15 is 0 Å². The molecule has 0 radical (unpaired) electrons. The Balaban J connectivity index is 2.02. The number of nitrogens with one attached hydrogen (secondary N) is 1. The Morgan fingerprint density at radius 2 is 2.07 bits per heavy atom. The normalized spacial score (nSPS) is 11.1. The number of rotatable bonds is 6. The number of carbonyl (C=O) groups is 1. The highest BCUT2D eigenvalue weighted by molar-refractivity contribution is 5.92. The van der Waals surface area contributed by atoms with Gasteiger partial charge in [0.1, 0.15) is 5.82 Å². The van der Waals surface area contributed by atoms with E-state index in [1.165, 1.54) is 35.0 Å². The standard InChI is InChI=1S/C19H15FN4O5/c1-2-23-10-13(19(26)27)18(25)12-7-14(20)15(8-17(12)23)22-21-9-11-5-3-4-6-16(11)24(28)29/h3-10,22H,2H2,1H3,(H,26,27)/p-1. The zero-order chi connectivity index (χ0) is 21.1. The first kappa shape index (κ1) is 19.7. The number of pyridine rings is 1. The van der Waals surface area contributed by atoms with Crippen LogP contribution in [0.25, 0.3) is 10.9 Å². The lowest BCUT2D eigenvalue weighted by atomic mass is 10.1. The number of hydrogen-bond donors (Lipinski definition) is 1. The number of nitro groups is 1. The Morgan fingerprint density at radius 1 is 1.34 bits per heavy atom. The third-order valence-electron chi connectivity index (χ3n) is 4.25. The maximum absolute atomic E-state index is 14.4. The van der Waals surface area contributed by atoms with Crippen LogP contribution in [-0.2, 0) is 6.54 Å². The summed E-state index contributed by atoms with van der Waals surface area (Å²) in [5, 5.41) is 25.9. The third-order valence-corrected chi connectivity index (χ3v) is 4.25. The molecule has 148 valence electrons. The van der Waals surface area contributed by atoms with E-state index in [0.717, 1.165) is 12.3 Å². The minimum Gasteiger partial charge on any atom is -0.545 e. The molecule has 2 aromatic carbocycles. The molecule has 10 heteroatoms. The zero-order valence-corrected chi connectivity index (χ0v) is 15.1. The van der Waals surface area contributed by atoms with Gasteiger partial charge in [0.25, 0.3) is 5.69 Å². The lowest BCUT2D eigenvalue weighted by Crippen LogP contribution is -2.30. The number of nitrogens with zero attached hydrogens (tertiary/aromatic N) is 3. The summed E-state index contributed by atoms with van der Waals surface area (Å²) < 4.78 is 15.9. The highest BCUT2D eigenvalue weighted by Crippen LogP contribution is 2.22. The van der Waals surface area contributed by atoms with Crippen molar-refractivity contribution in [2.75, 3.05) is 5.43 Å². The molecule has 0 atom stereocenters. The molecule has 3 aromatic rings. The molecule has 0 saturated carbocycles. The van der Waals surface area contributed by atoms with Crippen molar-refractivity contribution in [3.8, 4) is 0 Å². The molecule has 29 heavy (non-hydrogen) atoms. The van der Waals surface area contributed by atoms with Crippen molar-refractivity contribution in [2.24, 2.45) is 5.10 Å². The summed E-state index contributed by atoms with van der Waals surface area (Å²) in [5.74, 6) is -2.48. The Hall–Kier alpha value is -4.08. The molecule has 0 spiro atoms. The Bertz CT molecular complexity index is 1220. The van der Waals surface area contributed by atoms with Gasteiger partial charge in [-0.05, 0) is 25.1 Å². The Morgan fingerprint density at radius 3 is 2.72 bits per heavy atom. The quantitative estimate of drug-likeness (QED) is 0.384. The summed E-state index contributed by atoms with van der Waals surface area (Å²) >= 11 is 0. The van der Waals surface area contributed by atoms with E-state index in [-0.39, 0.29) is 22.3 Å². The van der Waals surface area contributed by atoms with Gasteiger partial charge in [-0.25, -0.2) is 4.39 Å². The van der Waals surface area contributed by atoms with Crippen LogP contribution in [0.2, 0.25) is 0 Å². The van der Waals surface area contributed by atoms with E-state index < -0.39 is 27.7 Å². The number of anilines is 1. The molecule has 1 heterocycles. The number of carbonyl (C=O) groups excluding carboxylic acids is 1. The maximum atomic E-state index is 14.4. The first-order valence-electron chi connectivity index (χ1n) is 8.44. The summed E-state index contributed by atoms with van der Waals surface area (Å²) in [4.78, 5) is 33.9. The number of aryl methyl sites for hydroxylation is 1. The molecule has 9 nitrogen and oxygen atoms in total. The van der Waals surface area contributed by atoms with E-state index in [2.05, 4.69) is 10.5 Å². The van der Waals surface area contributed by atoms with E-state index in [1.807, 2.05) is 0 Å². The third kappa shape index (κ3) is 3.81. The predicted octanol–water partition coefficient (Wildman–Crippen LogP) is 1.88. The van der Waals surface area contributed by atoms with Gasteiger partial charge in [-0.2, -0.15) is 5.10 Å². The van der Waals surface area contributed by atoms with Gasteiger partial charge in [0.2, 0.25) is 0 Å². The number of hydrogen-bond acceptors (Lipinski definition) is 7. The van der Waals surface area contributed by atoms with Crippen LogP contribution in [0, 0.1) is 15.9 Å². The van der Waals surface area contributed by atoms with Crippen LogP contribution in [0.15, 0.2) is 52.5 Å². The number of nitro benzene ring substituents is 1. The number of carboxylic acids is 1. The molecule has 1 N–H and O–H groups in total. The summed E-state index contributed by atoms with van der Waals surface area (Å²) in [5.41, 5.74) is 1.31. The van der Waals surface area contributed by atoms with E-state index in [1.54, 1.807) is 13.0 Å². The summed E-state index contributed by atoms with van der Waals surface area (Å²) in [7, 11) is 0. The average molecular weight is 397 g/mol. The number of fused-ring (bicyclic) bond motifs is 1. The van der Waals surface area contributed by atoms with Gasteiger partial charge in [0.05, 0.1) is 39.4 Å². The number of aromatic nitrogens is 1. The summed E-state index contributed by atoms with van der Waals surface area (Å²) in [6.07, 6.45) is 2.31. The van der Waals surface area contributed by atoms with Gasteiger partial charge >= 0.3 is 0 Å². The number of hydrazone groups is 1. The van der Waals surface area contributed by atoms with Gasteiger partial charge in [-0.3, -0.25) is 20.3 Å². The fourth-order valence-corrected chi connectivity index (χ4v) is 2.84. The van der Waals surface area contributed by atoms with Gasteiger partial charge in [-0.1, -0.05) is 12.1 Å². The van der Waals surface area contributed by atoms with Crippen molar-refractivity contribution in [3.05, 3.63) is 79.9 Å². The van der Waals surface area contributed by atoms with Gasteiger partial charge in [-0.15, -0.1) is 0 Å². The topological polar surface area (TPSA) is 130 Å². The monoisotopic (exact) mass is 397 g/mol. The molecule has 0 saturated heterocycles. The second-order valence-electron chi connectivity index (χ2n) is 5.98. The average Bonchev–Trinajstić information content (AvgIpc) is 2.69. The minimum absolute atomic E-state index is 0.0878. The summed E-state index contributed by atoms with van der Waals surface area (Å²) in [6, 6.07) is 8.13. The number of benzene rings is 2. The lowest BCUT2D eigenvalue weighted by molar-refractivity contribution is -0.385. The molecule has 0 aliphatic carbocycles. The van der Waals surface area contributed by atoms with Gasteiger partial charge < -0.3 is 14.5 Å². The van der Waals surface area contributed by atoms with Crippen LogP contribution in [0.4, 0.5) is 15.8 Å². The first-order chi connectivity index (χ1) is 13.8. The molecular formula is C19H14FN4O5-. The van der Waals surface area contributed by atoms with E-state index in [4.69, 9.17) is 0 Å². The molecular weight excluding hydrogens is 383 g/mol. The lowest BCUT2D eigenvalue weighted by Gasteiger charge is -2.13. The predicted molar refractivity (Wildman–Crippen MR) is 102 cm³/mol. The van der Waals surface area contributed by atoms with Crippen molar-refractivity contribution in [1.82, 2.24) is 4.57 Å². The molecule has 0 unspecified atom stereocenters. The van der Waals surface area contributed by atoms with Crippen LogP contribution in [-0.4, -0.2) is 21.7 Å². The largest absolute Gasteiger partial charge is 0.545 e. The second kappa shape index (κ2) is 7.89. The molecule has 0 aliphatic rings. The number of carboxylic acid groups (broad SMARTS) is 1. The fourth-order valence-electron chi connectivity index (χ4n) is 2.84. The number of halogens is 1. The molecule has 0 amide bonds. The minimum atomic E-state index is -1.64. The van der Waals surface area contributed by atoms with Gasteiger partial charge in [0, 0.05) is 24.2 Å². The van der Waals surface area contributed by atoms with Crippen LogP contribution < -0.4 is 16.0 Å². The van der Waals surface area contributed by atoms with Crippen molar-refractivity contribution in [3.63, 3.8) is 0 Å². The summed E-state index contributed by atoms with van der Waals surface area (Å²) in [6.45, 7) is 2.05. The second-order valence-corrected chi connectivity index (χ2v) is 5.98. The molecule has 1 aromatic heterocycles. The van der Waals surface area contributed by atoms with Crippen LogP contribution in [0.1, 0.15) is 22.8 Å². The smallest absolute Gasteiger partial charge is 0.278 e. The number of aromatic carboxylic acids is 1. The highest BCUT2D eigenvalue weighted by atomic mass is 19.1. The molecule has 0 bridgehead atoms. The zero-order valence-electron chi connectivity index (χ0n) is 15.1. The van der Waals surface area contributed by atoms with Crippen molar-refractivity contribution in [2.45, 2.75) is 13.5 Å². The first-order valence-corrected chi connectivity index (χ1v) is 8.44. The Kier molecular flexibility index (Phi) is 5.35. The SMILES string of the molecule is CCn1cc(C(=O)[O-])c(=O)c2cc(F)c(NN=Cc3ccccc3[N+](=O)[O-])cc21. The molecule has 0 fully saturated rings. The van der Waals surface area contributed by atoms with E-state index in [0.29, 0.717) is 12.1 Å². The molecule has 3 rings (SSSR count). The maximum Gasteiger partial charge on any atom is 0.278 e. The van der Waals surface area contributed by atoms with Crippen molar-refractivity contribution in [1.29, 1.82) is 0 Å². The van der Waals surface area contributed by atoms with Gasteiger partial charge in [0.15, 0.2) is 5.43 Å². The van der Waals surface area contributed by atoms with Crippen LogP contribution in [0.5, 0.6) is 0 Å². The van der Waals surface area contributed by atoms with E-state index in [9.17, 15) is 29.2 Å². The fraction of sp³-hybridized carbons (Fsp3) is 0.105. The van der Waals surface area contributed by atoms with Crippen molar-refractivity contribution < 1.29 is 19.2 Å². The van der Waals surface area contributed by atoms with Crippen molar-refractivity contribution >= 4 is 34.5 Å². The van der Waals surface area contributed by atoms with Crippen LogP contribution >= 0.6 is 0 Å². The molecule has 0 aliphatic heterocycles. The highest BCUT2D eigenvalue weighted by Gasteiger charge is 2.14. The van der Waals surface area contributed by atoms with Crippen LogP contribution in [0.3, 0.4) is 0 Å². The number of para-hydroxylation sites is 1. The Labute approximate surface area is 162 Å².